The molecule has 62 valence electrons. The van der Waals surface area contributed by atoms with Gasteiger partial charge in [-0.3, -0.25) is 2.78 Å². The van der Waals surface area contributed by atoms with E-state index in [9.17, 15) is 0 Å². The number of pyridine rings is 1. The molecule has 0 aliphatic rings. The second kappa shape index (κ2) is 3.09. The Morgan fingerprint density at radius 3 is 2.92 bits per heavy atom. The molecule has 0 aliphatic heterocycles. The summed E-state index contributed by atoms with van der Waals surface area (Å²) in [5.74, 6) is 1.01. The van der Waals surface area contributed by atoms with Gasteiger partial charge in [0.25, 0.3) is 0 Å². The van der Waals surface area contributed by atoms with E-state index in [0.717, 1.165) is 20.6 Å². The summed E-state index contributed by atoms with van der Waals surface area (Å²) in [6, 6.07) is 1.93. The van der Waals surface area contributed by atoms with Crippen LogP contribution in [-0.4, -0.2) is 12.7 Å². The van der Waals surface area contributed by atoms with E-state index in [1.807, 2.05) is 15.8 Å². The number of hydrogen-bond acceptors (Lipinski definition) is 2. The van der Waals surface area contributed by atoms with Crippen LogP contribution in [0.3, 0.4) is 0 Å². The van der Waals surface area contributed by atoms with E-state index in [1.165, 1.54) is 0 Å². The van der Waals surface area contributed by atoms with Crippen molar-refractivity contribution < 1.29 is 0 Å². The molecule has 0 N–H and O–H groups in total. The molecule has 0 bridgehead atoms. The summed E-state index contributed by atoms with van der Waals surface area (Å²) in [6.45, 7) is 1.99. The fraction of sp³-hybridized carbons (Fsp3) is 0.143. The third kappa shape index (κ3) is 1.22. The van der Waals surface area contributed by atoms with Crippen molar-refractivity contribution in [3.63, 3.8) is 0 Å². The van der Waals surface area contributed by atoms with Crippen LogP contribution in [0.4, 0.5) is 0 Å². The van der Waals surface area contributed by atoms with E-state index in [0.29, 0.717) is 0 Å². The summed E-state index contributed by atoms with van der Waals surface area (Å²) >= 11 is 4.45. The first-order valence-corrected chi connectivity index (χ1v) is 5.40. The Kier molecular flexibility index (Phi) is 2.23. The Morgan fingerprint density at radius 2 is 2.25 bits per heavy atom. The van der Waals surface area contributed by atoms with Crippen molar-refractivity contribution in [1.82, 2.24) is 12.7 Å². The largest absolute Gasteiger partial charge is 0.266 e. The number of aryl methyl sites for hydroxylation is 1. The predicted octanol–water partition coefficient (Wildman–Crippen LogP) is 2.54. The molecule has 0 radical (unpaired) electrons. The summed E-state index contributed by atoms with van der Waals surface area (Å²) in [7, 11) is 0. The lowest BCUT2D eigenvalue weighted by Crippen LogP contribution is -1.86. The lowest BCUT2D eigenvalue weighted by Gasteiger charge is -1.94. The third-order valence-electron chi connectivity index (χ3n) is 1.62. The highest BCUT2D eigenvalue weighted by Gasteiger charge is 2.07. The van der Waals surface area contributed by atoms with E-state index < -0.39 is 0 Å². The quantitative estimate of drug-likeness (QED) is 0.516. The molecule has 0 aliphatic carbocycles. The number of rotatable bonds is 0. The normalized spacial score (nSPS) is 10.9. The monoisotopic (exact) mass is 385 g/mol. The molecule has 0 fully saturated rings. The number of halogens is 2. The highest BCUT2D eigenvalue weighted by Crippen LogP contribution is 2.21. The molecule has 2 aromatic heterocycles. The van der Waals surface area contributed by atoms with Gasteiger partial charge in [-0.25, -0.2) is 9.97 Å². The molecule has 2 aromatic rings. The zero-order chi connectivity index (χ0) is 8.72. The van der Waals surface area contributed by atoms with Gasteiger partial charge in [0.05, 0.1) is 28.4 Å². The minimum absolute atomic E-state index is 1.00. The maximum atomic E-state index is 4.38. The van der Waals surface area contributed by atoms with Crippen LogP contribution in [0.1, 0.15) is 5.82 Å². The number of imidazole rings is 1. The first-order valence-electron chi connectivity index (χ1n) is 3.36. The van der Waals surface area contributed by atoms with Crippen molar-refractivity contribution in [2.45, 2.75) is 6.92 Å². The van der Waals surface area contributed by atoms with Gasteiger partial charge in [-0.15, -0.1) is 0 Å². The van der Waals surface area contributed by atoms with Crippen LogP contribution >= 0.6 is 45.5 Å². The Balaban J connectivity index is 2.97. The molecule has 0 saturated heterocycles. The number of fused-ring (bicyclic) bond motifs is 1. The molecular weight excluding hydrogens is 380 g/mol. The standard InChI is InChI=1S/C7H5I2N3/c1-4-11-5-2-3-10-7(8)6(5)12(4)9/h2-3H,1H3. The SMILES string of the molecule is Cc1nc2ccnc(I)c2n1I. The van der Waals surface area contributed by atoms with E-state index in [-0.39, 0.29) is 0 Å². The second-order valence-electron chi connectivity index (χ2n) is 2.41. The molecule has 0 aromatic carbocycles. The Labute approximate surface area is 97.2 Å². The number of aromatic nitrogens is 3. The molecular formula is C7H5I2N3. The van der Waals surface area contributed by atoms with Gasteiger partial charge < -0.3 is 0 Å². The van der Waals surface area contributed by atoms with Gasteiger partial charge in [-0.2, -0.15) is 0 Å². The molecule has 0 amide bonds. The summed E-state index contributed by atoms with van der Waals surface area (Å²) in [6.07, 6.45) is 1.78. The average molecular weight is 385 g/mol. The van der Waals surface area contributed by atoms with Crippen molar-refractivity contribution in [2.75, 3.05) is 0 Å². The summed E-state index contributed by atoms with van der Waals surface area (Å²) in [5.41, 5.74) is 2.12. The van der Waals surface area contributed by atoms with Crippen molar-refractivity contribution in [3.8, 4) is 0 Å². The highest BCUT2D eigenvalue weighted by atomic mass is 127. The van der Waals surface area contributed by atoms with E-state index >= 15 is 0 Å². The van der Waals surface area contributed by atoms with Gasteiger partial charge >= 0.3 is 0 Å². The van der Waals surface area contributed by atoms with Crippen LogP contribution in [-0.2, 0) is 0 Å². The van der Waals surface area contributed by atoms with Crippen LogP contribution in [0, 0.1) is 10.6 Å². The van der Waals surface area contributed by atoms with Gasteiger partial charge in [0, 0.05) is 6.20 Å². The van der Waals surface area contributed by atoms with Crippen molar-refractivity contribution in [3.05, 3.63) is 21.8 Å². The molecule has 2 rings (SSSR count). The number of nitrogens with zero attached hydrogens (tertiary/aromatic N) is 3. The minimum Gasteiger partial charge on any atom is -0.266 e. The highest BCUT2D eigenvalue weighted by molar-refractivity contribution is 14.1. The molecule has 0 atom stereocenters. The number of hydrogen-bond donors (Lipinski definition) is 0. The van der Waals surface area contributed by atoms with E-state index in [1.54, 1.807) is 6.20 Å². The summed E-state index contributed by atoms with van der Waals surface area (Å²) in [4.78, 5) is 8.59. The summed E-state index contributed by atoms with van der Waals surface area (Å²) < 4.78 is 3.03. The van der Waals surface area contributed by atoms with Gasteiger partial charge in [0.1, 0.15) is 15.0 Å². The van der Waals surface area contributed by atoms with Crippen molar-refractivity contribution in [2.24, 2.45) is 0 Å². The predicted molar refractivity (Wildman–Crippen MR) is 64.4 cm³/mol. The lowest BCUT2D eigenvalue weighted by atomic mass is 10.4. The summed E-state index contributed by atoms with van der Waals surface area (Å²) in [5, 5.41) is 0. The Hall–Kier alpha value is 0.0800. The van der Waals surface area contributed by atoms with Gasteiger partial charge in [-0.1, -0.05) is 0 Å². The van der Waals surface area contributed by atoms with Gasteiger partial charge in [0.2, 0.25) is 0 Å². The second-order valence-corrected chi connectivity index (χ2v) is 4.40. The first kappa shape index (κ1) is 8.67. The maximum Gasteiger partial charge on any atom is 0.127 e. The first-order chi connectivity index (χ1) is 5.70. The lowest BCUT2D eigenvalue weighted by molar-refractivity contribution is 1.14. The topological polar surface area (TPSA) is 30.7 Å². The molecule has 2 heterocycles. The van der Waals surface area contributed by atoms with Crippen molar-refractivity contribution in [1.29, 1.82) is 0 Å². The maximum absolute atomic E-state index is 4.38. The van der Waals surface area contributed by atoms with E-state index in [4.69, 9.17) is 0 Å². The van der Waals surface area contributed by atoms with E-state index in [2.05, 4.69) is 55.4 Å². The molecule has 5 heteroatoms. The zero-order valence-electron chi connectivity index (χ0n) is 6.25. The van der Waals surface area contributed by atoms with Crippen LogP contribution in [0.2, 0.25) is 0 Å². The molecule has 0 saturated carbocycles. The van der Waals surface area contributed by atoms with Crippen molar-refractivity contribution >= 4 is 56.5 Å². The average Bonchev–Trinajstić information content (AvgIpc) is 2.29. The van der Waals surface area contributed by atoms with Crippen LogP contribution < -0.4 is 0 Å². The van der Waals surface area contributed by atoms with Gasteiger partial charge in [-0.05, 0) is 35.6 Å². The zero-order valence-corrected chi connectivity index (χ0v) is 10.6. The molecule has 0 unspecified atom stereocenters. The molecule has 0 spiro atoms. The van der Waals surface area contributed by atoms with Gasteiger partial charge in [0.15, 0.2) is 0 Å². The Bertz CT molecular complexity index is 435. The minimum atomic E-state index is 1.00. The Morgan fingerprint density at radius 1 is 1.50 bits per heavy atom. The third-order valence-corrected chi connectivity index (χ3v) is 3.59. The van der Waals surface area contributed by atoms with Crippen LogP contribution in [0.5, 0.6) is 0 Å². The fourth-order valence-electron chi connectivity index (χ4n) is 1.07. The van der Waals surface area contributed by atoms with Crippen LogP contribution in [0.25, 0.3) is 11.0 Å². The smallest absolute Gasteiger partial charge is 0.127 e. The molecule has 12 heavy (non-hydrogen) atoms. The fourth-order valence-corrected chi connectivity index (χ4v) is 2.79. The van der Waals surface area contributed by atoms with Crippen LogP contribution in [0.15, 0.2) is 12.3 Å². The molecule has 3 nitrogen and oxygen atoms in total.